The van der Waals surface area contributed by atoms with Crippen molar-refractivity contribution in [2.45, 2.75) is 13.0 Å². The molecule has 24 heavy (non-hydrogen) atoms. The van der Waals surface area contributed by atoms with Crippen LogP contribution in [0.5, 0.6) is 0 Å². The van der Waals surface area contributed by atoms with Gasteiger partial charge in [0.05, 0.1) is 12.1 Å². The maximum Gasteiger partial charge on any atom is 0.304 e. The van der Waals surface area contributed by atoms with Gasteiger partial charge in [-0.1, -0.05) is 6.07 Å². The Hall–Kier alpha value is -1.54. The number of nitrogens with zero attached hydrogens (tertiary/aromatic N) is 3. The number of carbonyl (C=O) groups is 1. The zero-order chi connectivity index (χ0) is 17.0. The van der Waals surface area contributed by atoms with E-state index in [0.717, 1.165) is 64.6 Å². The second-order valence-electron chi connectivity index (χ2n) is 6.08. The maximum absolute atomic E-state index is 10.9. The van der Waals surface area contributed by atoms with E-state index in [4.69, 9.17) is 5.11 Å². The maximum atomic E-state index is 10.9. The summed E-state index contributed by atoms with van der Waals surface area (Å²) in [4.78, 5) is 19.9. The van der Waals surface area contributed by atoms with Crippen LogP contribution in [0.15, 0.2) is 24.4 Å². The van der Waals surface area contributed by atoms with E-state index in [9.17, 15) is 4.79 Å². The number of carboxylic acid groups (broad SMARTS) is 1. The van der Waals surface area contributed by atoms with Crippen LogP contribution in [0.3, 0.4) is 0 Å². The molecule has 0 unspecified atom stereocenters. The first-order valence-corrected chi connectivity index (χ1v) is 8.72. The normalized spacial score (nSPS) is 19.3. The second-order valence-corrected chi connectivity index (χ2v) is 6.08. The molecule has 0 saturated carbocycles. The minimum absolute atomic E-state index is 0.196. The van der Waals surface area contributed by atoms with Crippen LogP contribution in [0.25, 0.3) is 0 Å². The van der Waals surface area contributed by atoms with Crippen LogP contribution in [0.1, 0.15) is 12.1 Å². The fourth-order valence-corrected chi connectivity index (χ4v) is 2.76. The Balaban J connectivity index is 1.90. The molecule has 0 spiro atoms. The number of pyridine rings is 1. The van der Waals surface area contributed by atoms with Gasteiger partial charge in [-0.15, -0.1) is 0 Å². The Morgan fingerprint density at radius 3 is 2.42 bits per heavy atom. The molecular weight excluding hydrogens is 306 g/mol. The van der Waals surface area contributed by atoms with Crippen molar-refractivity contribution in [3.8, 4) is 0 Å². The summed E-state index contributed by atoms with van der Waals surface area (Å²) in [6.45, 7) is 8.79. The lowest BCUT2D eigenvalue weighted by Crippen LogP contribution is -2.43. The zero-order valence-corrected chi connectivity index (χ0v) is 14.3. The van der Waals surface area contributed by atoms with Gasteiger partial charge in [-0.25, -0.2) is 0 Å². The highest BCUT2D eigenvalue weighted by atomic mass is 16.4. The van der Waals surface area contributed by atoms with Crippen LogP contribution in [0, 0.1) is 0 Å². The molecule has 1 aromatic heterocycles. The molecule has 7 heteroatoms. The summed E-state index contributed by atoms with van der Waals surface area (Å²) in [5.41, 5.74) is 1.07. The van der Waals surface area contributed by atoms with Gasteiger partial charge in [-0.2, -0.15) is 0 Å². The summed E-state index contributed by atoms with van der Waals surface area (Å²) in [5, 5.41) is 15.8. The molecule has 1 aromatic rings. The molecule has 2 rings (SSSR count). The Kier molecular flexibility index (Phi) is 8.69. The smallest absolute Gasteiger partial charge is 0.304 e. The Morgan fingerprint density at radius 1 is 1.04 bits per heavy atom. The van der Waals surface area contributed by atoms with E-state index in [1.54, 1.807) is 0 Å². The Labute approximate surface area is 144 Å². The monoisotopic (exact) mass is 335 g/mol. The Bertz CT molecular complexity index is 471. The van der Waals surface area contributed by atoms with Crippen LogP contribution in [-0.4, -0.2) is 84.8 Å². The van der Waals surface area contributed by atoms with Crippen molar-refractivity contribution >= 4 is 5.97 Å². The van der Waals surface area contributed by atoms with Crippen LogP contribution in [0.4, 0.5) is 0 Å². The van der Waals surface area contributed by atoms with Crippen molar-refractivity contribution in [1.29, 1.82) is 0 Å². The molecule has 0 bridgehead atoms. The van der Waals surface area contributed by atoms with E-state index < -0.39 is 5.97 Å². The molecular formula is C17H29N5O2. The molecule has 134 valence electrons. The highest BCUT2D eigenvalue weighted by Gasteiger charge is 2.12. The lowest BCUT2D eigenvalue weighted by molar-refractivity contribution is -0.137. The van der Waals surface area contributed by atoms with Gasteiger partial charge in [0.15, 0.2) is 0 Å². The predicted octanol–water partition coefficient (Wildman–Crippen LogP) is -0.147. The quantitative estimate of drug-likeness (QED) is 0.691. The molecule has 0 atom stereocenters. The molecule has 0 radical (unpaired) electrons. The van der Waals surface area contributed by atoms with Crippen LogP contribution >= 0.6 is 0 Å². The SMILES string of the molecule is O=C(O)CCN1CCNCCNCCN(Cc2ccccn2)CC1. The lowest BCUT2D eigenvalue weighted by Gasteiger charge is -2.28. The third-order valence-corrected chi connectivity index (χ3v) is 4.17. The topological polar surface area (TPSA) is 80.7 Å². The van der Waals surface area contributed by atoms with Gasteiger partial charge in [0.1, 0.15) is 0 Å². The van der Waals surface area contributed by atoms with Crippen LogP contribution < -0.4 is 10.6 Å². The number of nitrogens with one attached hydrogen (secondary N) is 2. The minimum Gasteiger partial charge on any atom is -0.481 e. The first kappa shape index (κ1) is 18.8. The summed E-state index contributed by atoms with van der Waals surface area (Å²) in [6.07, 6.45) is 2.02. The molecule has 2 heterocycles. The molecule has 0 aromatic carbocycles. The fourth-order valence-electron chi connectivity index (χ4n) is 2.76. The van der Waals surface area contributed by atoms with Gasteiger partial charge in [-0.3, -0.25) is 14.7 Å². The van der Waals surface area contributed by atoms with Gasteiger partial charge in [0, 0.05) is 71.6 Å². The molecule has 1 fully saturated rings. The van der Waals surface area contributed by atoms with Crippen molar-refractivity contribution in [1.82, 2.24) is 25.4 Å². The summed E-state index contributed by atoms with van der Waals surface area (Å²) < 4.78 is 0. The van der Waals surface area contributed by atoms with Crippen molar-refractivity contribution in [3.63, 3.8) is 0 Å². The standard InChI is InChI=1S/C17H29N5O2/c23-17(24)4-10-21-11-8-18-6-7-19-9-12-22(14-13-21)15-16-3-1-2-5-20-16/h1-3,5,18-19H,4,6-15H2,(H,23,24). The third kappa shape index (κ3) is 7.83. The van der Waals surface area contributed by atoms with E-state index in [-0.39, 0.29) is 6.42 Å². The predicted molar refractivity (Wildman–Crippen MR) is 93.9 cm³/mol. The molecule has 0 aliphatic carbocycles. The Morgan fingerprint density at radius 2 is 1.75 bits per heavy atom. The summed E-state index contributed by atoms with van der Waals surface area (Å²) in [5.74, 6) is -0.733. The first-order valence-electron chi connectivity index (χ1n) is 8.72. The average molecular weight is 335 g/mol. The van der Waals surface area contributed by atoms with Crippen molar-refractivity contribution in [2.75, 3.05) is 58.9 Å². The number of hydrogen-bond donors (Lipinski definition) is 3. The molecule has 0 amide bonds. The fraction of sp³-hybridized carbons (Fsp3) is 0.647. The molecule has 1 aliphatic heterocycles. The molecule has 3 N–H and O–H groups in total. The number of aliphatic carboxylic acids is 1. The van der Waals surface area contributed by atoms with Crippen molar-refractivity contribution < 1.29 is 9.90 Å². The molecule has 1 aliphatic rings. The number of rotatable bonds is 5. The van der Waals surface area contributed by atoms with Gasteiger partial charge < -0.3 is 20.6 Å². The van der Waals surface area contributed by atoms with E-state index in [2.05, 4.69) is 31.5 Å². The first-order chi connectivity index (χ1) is 11.7. The molecule has 1 saturated heterocycles. The van der Waals surface area contributed by atoms with Gasteiger partial charge in [-0.05, 0) is 12.1 Å². The largest absolute Gasteiger partial charge is 0.481 e. The van der Waals surface area contributed by atoms with E-state index in [1.165, 1.54) is 0 Å². The molecule has 7 nitrogen and oxygen atoms in total. The van der Waals surface area contributed by atoms with E-state index >= 15 is 0 Å². The van der Waals surface area contributed by atoms with Crippen molar-refractivity contribution in [2.24, 2.45) is 0 Å². The minimum atomic E-state index is -0.733. The van der Waals surface area contributed by atoms with Gasteiger partial charge in [0.25, 0.3) is 0 Å². The number of aromatic nitrogens is 1. The average Bonchev–Trinajstić information content (AvgIpc) is 2.57. The zero-order valence-electron chi connectivity index (χ0n) is 14.3. The highest BCUT2D eigenvalue weighted by molar-refractivity contribution is 5.66. The van der Waals surface area contributed by atoms with E-state index in [1.807, 2.05) is 18.3 Å². The van der Waals surface area contributed by atoms with Crippen LogP contribution in [-0.2, 0) is 11.3 Å². The number of hydrogen-bond acceptors (Lipinski definition) is 6. The summed E-state index contributed by atoms with van der Waals surface area (Å²) >= 11 is 0. The lowest BCUT2D eigenvalue weighted by atomic mass is 10.3. The van der Waals surface area contributed by atoms with E-state index in [0.29, 0.717) is 6.54 Å². The van der Waals surface area contributed by atoms with Crippen LogP contribution in [0.2, 0.25) is 0 Å². The van der Waals surface area contributed by atoms with Crippen molar-refractivity contribution in [3.05, 3.63) is 30.1 Å². The van der Waals surface area contributed by atoms with Gasteiger partial charge >= 0.3 is 5.97 Å². The summed E-state index contributed by atoms with van der Waals surface area (Å²) in [7, 11) is 0. The van der Waals surface area contributed by atoms with Gasteiger partial charge in [0.2, 0.25) is 0 Å². The highest BCUT2D eigenvalue weighted by Crippen LogP contribution is 2.02. The second kappa shape index (κ2) is 11.1. The number of carboxylic acids is 1. The third-order valence-electron chi connectivity index (χ3n) is 4.17. The summed E-state index contributed by atoms with van der Waals surface area (Å²) in [6, 6.07) is 6.00.